The monoisotopic (exact) mass is 465 g/mol. The van der Waals surface area contributed by atoms with Crippen molar-refractivity contribution in [1.29, 1.82) is 0 Å². The number of non-ortho nitro benzene ring substituents is 1. The van der Waals surface area contributed by atoms with Gasteiger partial charge in [0.05, 0.1) is 23.0 Å². The van der Waals surface area contributed by atoms with Gasteiger partial charge in [-0.15, -0.1) is 11.8 Å². The molecule has 0 bridgehead atoms. The van der Waals surface area contributed by atoms with Gasteiger partial charge in [-0.25, -0.2) is 0 Å². The maximum absolute atomic E-state index is 12.6. The molecule has 2 amide bonds. The number of benzene rings is 3. The SMILES string of the molecule is COc1cccc(C(=O)Nc2ccc(SC(C)C(=O)Nc3cc([N+](=O)[O-])ccc3C)cc2)c1. The quantitative estimate of drug-likeness (QED) is 0.266. The lowest BCUT2D eigenvalue weighted by Gasteiger charge is -2.14. The summed E-state index contributed by atoms with van der Waals surface area (Å²) >= 11 is 1.34. The van der Waals surface area contributed by atoms with Crippen molar-refractivity contribution >= 4 is 40.6 Å². The summed E-state index contributed by atoms with van der Waals surface area (Å²) in [7, 11) is 1.54. The van der Waals surface area contributed by atoms with Crippen LogP contribution < -0.4 is 15.4 Å². The van der Waals surface area contributed by atoms with Gasteiger partial charge in [0.2, 0.25) is 5.91 Å². The molecule has 170 valence electrons. The van der Waals surface area contributed by atoms with E-state index < -0.39 is 10.2 Å². The second kappa shape index (κ2) is 10.6. The average Bonchev–Trinajstić information content (AvgIpc) is 2.81. The van der Waals surface area contributed by atoms with Crippen molar-refractivity contribution < 1.29 is 19.2 Å². The lowest BCUT2D eigenvalue weighted by molar-refractivity contribution is -0.384. The van der Waals surface area contributed by atoms with Crippen molar-refractivity contribution in [2.45, 2.75) is 24.0 Å². The molecular formula is C24H23N3O5S. The molecule has 33 heavy (non-hydrogen) atoms. The van der Waals surface area contributed by atoms with Crippen LogP contribution in [0.4, 0.5) is 17.1 Å². The molecule has 0 fully saturated rings. The van der Waals surface area contributed by atoms with Gasteiger partial charge in [0, 0.05) is 28.3 Å². The third-order valence-corrected chi connectivity index (χ3v) is 5.93. The fourth-order valence-electron chi connectivity index (χ4n) is 2.93. The predicted octanol–water partition coefficient (Wildman–Crippen LogP) is 5.28. The third kappa shape index (κ3) is 6.33. The van der Waals surface area contributed by atoms with Gasteiger partial charge in [0.15, 0.2) is 0 Å². The van der Waals surface area contributed by atoms with Crippen molar-refractivity contribution in [2.24, 2.45) is 0 Å². The Hall–Kier alpha value is -3.85. The van der Waals surface area contributed by atoms with Crippen LogP contribution in [0.25, 0.3) is 0 Å². The average molecular weight is 466 g/mol. The minimum Gasteiger partial charge on any atom is -0.497 e. The van der Waals surface area contributed by atoms with Crippen LogP contribution in [0.5, 0.6) is 5.75 Å². The zero-order chi connectivity index (χ0) is 24.0. The Balaban J connectivity index is 1.60. The molecule has 1 unspecified atom stereocenters. The third-order valence-electron chi connectivity index (χ3n) is 4.82. The number of ether oxygens (including phenoxy) is 1. The molecule has 0 heterocycles. The maximum Gasteiger partial charge on any atom is 0.271 e. The number of methoxy groups -OCH3 is 1. The van der Waals surface area contributed by atoms with Gasteiger partial charge in [-0.2, -0.15) is 0 Å². The highest BCUT2D eigenvalue weighted by Gasteiger charge is 2.17. The van der Waals surface area contributed by atoms with E-state index in [9.17, 15) is 19.7 Å². The molecule has 8 nitrogen and oxygen atoms in total. The van der Waals surface area contributed by atoms with E-state index in [2.05, 4.69) is 10.6 Å². The Morgan fingerprint density at radius 1 is 1.03 bits per heavy atom. The minimum atomic E-state index is -0.498. The first-order chi connectivity index (χ1) is 15.8. The van der Waals surface area contributed by atoms with Gasteiger partial charge < -0.3 is 15.4 Å². The minimum absolute atomic E-state index is 0.0808. The molecule has 0 saturated heterocycles. The zero-order valence-electron chi connectivity index (χ0n) is 18.3. The number of nitrogens with zero attached hydrogens (tertiary/aromatic N) is 1. The number of hydrogen-bond donors (Lipinski definition) is 2. The second-order valence-electron chi connectivity index (χ2n) is 7.22. The Kier molecular flexibility index (Phi) is 7.68. The summed E-state index contributed by atoms with van der Waals surface area (Å²) in [6, 6.07) is 18.4. The molecule has 9 heteroatoms. The number of rotatable bonds is 8. The highest BCUT2D eigenvalue weighted by atomic mass is 32.2. The van der Waals surface area contributed by atoms with Crippen molar-refractivity contribution in [3.05, 3.63) is 88.0 Å². The number of hydrogen-bond acceptors (Lipinski definition) is 6. The molecule has 2 N–H and O–H groups in total. The van der Waals surface area contributed by atoms with Crippen LogP contribution in [0.2, 0.25) is 0 Å². The first-order valence-corrected chi connectivity index (χ1v) is 10.9. The topological polar surface area (TPSA) is 111 Å². The molecule has 3 aromatic carbocycles. The summed E-state index contributed by atoms with van der Waals surface area (Å²) in [6.07, 6.45) is 0. The number of nitro groups is 1. The predicted molar refractivity (Wildman–Crippen MR) is 129 cm³/mol. The molecule has 0 spiro atoms. The van der Waals surface area contributed by atoms with Gasteiger partial charge in [0.25, 0.3) is 11.6 Å². The maximum atomic E-state index is 12.6. The van der Waals surface area contributed by atoms with E-state index in [1.54, 1.807) is 63.4 Å². The number of carbonyl (C=O) groups excluding carboxylic acids is 2. The summed E-state index contributed by atoms with van der Waals surface area (Å²) in [5, 5.41) is 16.1. The summed E-state index contributed by atoms with van der Waals surface area (Å²) in [5.74, 6) is 0.0790. The fraction of sp³-hybridized carbons (Fsp3) is 0.167. The van der Waals surface area contributed by atoms with Gasteiger partial charge in [-0.1, -0.05) is 12.1 Å². The highest BCUT2D eigenvalue weighted by Crippen LogP contribution is 2.27. The summed E-state index contributed by atoms with van der Waals surface area (Å²) in [5.41, 5.74) is 2.17. The molecule has 3 rings (SSSR count). The zero-order valence-corrected chi connectivity index (χ0v) is 19.1. The van der Waals surface area contributed by atoms with E-state index in [1.807, 2.05) is 12.1 Å². The lowest BCUT2D eigenvalue weighted by atomic mass is 10.2. The Labute approximate surface area is 195 Å². The molecular weight excluding hydrogens is 442 g/mol. The largest absolute Gasteiger partial charge is 0.497 e. The lowest BCUT2D eigenvalue weighted by Crippen LogP contribution is -2.22. The van der Waals surface area contributed by atoms with Gasteiger partial charge in [0.1, 0.15) is 5.75 Å². The normalized spacial score (nSPS) is 11.4. The summed E-state index contributed by atoms with van der Waals surface area (Å²) in [6.45, 7) is 3.53. The number of amides is 2. The van der Waals surface area contributed by atoms with Gasteiger partial charge >= 0.3 is 0 Å². The molecule has 0 aliphatic carbocycles. The smallest absolute Gasteiger partial charge is 0.271 e. The van der Waals surface area contributed by atoms with Crippen molar-refractivity contribution in [1.82, 2.24) is 0 Å². The van der Waals surface area contributed by atoms with Crippen LogP contribution in [0.15, 0.2) is 71.6 Å². The number of nitrogens with one attached hydrogen (secondary N) is 2. The number of carbonyl (C=O) groups is 2. The first kappa shape index (κ1) is 23.8. The van der Waals surface area contributed by atoms with E-state index in [0.29, 0.717) is 22.7 Å². The van der Waals surface area contributed by atoms with E-state index in [4.69, 9.17) is 4.74 Å². The molecule has 0 radical (unpaired) electrons. The van der Waals surface area contributed by atoms with E-state index >= 15 is 0 Å². The molecule has 0 aliphatic rings. The van der Waals surface area contributed by atoms with Crippen LogP contribution in [-0.4, -0.2) is 29.1 Å². The number of aryl methyl sites for hydroxylation is 1. The van der Waals surface area contributed by atoms with Crippen molar-refractivity contribution in [3.63, 3.8) is 0 Å². The number of nitro benzene ring substituents is 1. The van der Waals surface area contributed by atoms with E-state index in [1.165, 1.54) is 23.9 Å². The Morgan fingerprint density at radius 3 is 2.42 bits per heavy atom. The van der Waals surface area contributed by atoms with Crippen molar-refractivity contribution in [3.8, 4) is 5.75 Å². The van der Waals surface area contributed by atoms with Crippen LogP contribution in [0.1, 0.15) is 22.8 Å². The van der Waals surface area contributed by atoms with Crippen molar-refractivity contribution in [2.75, 3.05) is 17.7 Å². The van der Waals surface area contributed by atoms with Crippen LogP contribution >= 0.6 is 11.8 Å². The highest BCUT2D eigenvalue weighted by molar-refractivity contribution is 8.00. The first-order valence-electron chi connectivity index (χ1n) is 10.0. The number of anilines is 2. The molecule has 0 saturated carbocycles. The fourth-order valence-corrected chi connectivity index (χ4v) is 3.80. The van der Waals surface area contributed by atoms with Gasteiger partial charge in [-0.3, -0.25) is 19.7 Å². The molecule has 0 aliphatic heterocycles. The standard InChI is InChI=1S/C24H23N3O5S/c1-15-7-10-19(27(30)31)14-22(15)26-23(28)16(2)33-21-11-8-18(9-12-21)25-24(29)17-5-4-6-20(13-17)32-3/h4-14,16H,1-3H3,(H,25,29)(H,26,28). The second-order valence-corrected chi connectivity index (χ2v) is 8.63. The Bertz CT molecular complexity index is 1180. The van der Waals surface area contributed by atoms with E-state index in [-0.39, 0.29) is 17.5 Å². The summed E-state index contributed by atoms with van der Waals surface area (Å²) < 4.78 is 5.14. The van der Waals surface area contributed by atoms with Crippen LogP contribution in [-0.2, 0) is 4.79 Å². The molecule has 1 atom stereocenters. The van der Waals surface area contributed by atoms with Crippen LogP contribution in [0.3, 0.4) is 0 Å². The summed E-state index contributed by atoms with van der Waals surface area (Å²) in [4.78, 5) is 36.4. The molecule has 0 aromatic heterocycles. The molecule has 3 aromatic rings. The van der Waals surface area contributed by atoms with Gasteiger partial charge in [-0.05, 0) is 61.9 Å². The number of thioether (sulfide) groups is 1. The van der Waals surface area contributed by atoms with Crippen LogP contribution in [0, 0.1) is 17.0 Å². The Morgan fingerprint density at radius 2 is 1.76 bits per heavy atom. The van der Waals surface area contributed by atoms with E-state index in [0.717, 1.165) is 10.5 Å².